The third-order valence-electron chi connectivity index (χ3n) is 6.26. The predicted molar refractivity (Wildman–Crippen MR) is 111 cm³/mol. The molecule has 2 saturated heterocycles. The molecule has 0 unspecified atom stereocenters. The number of hydrogen-bond acceptors (Lipinski definition) is 6. The Hall–Kier alpha value is -2.58. The number of benzene rings is 1. The second kappa shape index (κ2) is 6.21. The molecule has 0 amide bonds. The summed E-state index contributed by atoms with van der Waals surface area (Å²) in [4.78, 5) is 4.42. The van der Waals surface area contributed by atoms with Crippen LogP contribution < -0.4 is 5.32 Å². The highest BCUT2D eigenvalue weighted by molar-refractivity contribution is 7.18. The first-order valence-electron chi connectivity index (χ1n) is 9.92. The van der Waals surface area contributed by atoms with Crippen molar-refractivity contribution in [3.63, 3.8) is 0 Å². The van der Waals surface area contributed by atoms with Gasteiger partial charge >= 0.3 is 0 Å². The van der Waals surface area contributed by atoms with E-state index < -0.39 is 6.17 Å². The molecule has 2 bridgehead atoms. The van der Waals surface area contributed by atoms with Gasteiger partial charge in [-0.2, -0.15) is 0 Å². The third-order valence-corrected chi connectivity index (χ3v) is 7.20. The molecule has 148 valence electrons. The van der Waals surface area contributed by atoms with E-state index in [2.05, 4.69) is 20.5 Å². The van der Waals surface area contributed by atoms with Crippen LogP contribution in [0, 0.1) is 6.92 Å². The van der Waals surface area contributed by atoms with Crippen LogP contribution in [-0.2, 0) is 0 Å². The lowest BCUT2D eigenvalue weighted by Gasteiger charge is -2.33. The minimum absolute atomic E-state index is 0.0602. The first-order valence-corrected chi connectivity index (χ1v) is 10.7. The predicted octanol–water partition coefficient (Wildman–Crippen LogP) is 4.13. The van der Waals surface area contributed by atoms with Gasteiger partial charge in [0.15, 0.2) is 5.65 Å². The molecule has 0 aliphatic carbocycles. The number of thiazole rings is 1. The number of phenols is 1. The second-order valence-corrected chi connectivity index (χ2v) is 9.33. The highest BCUT2D eigenvalue weighted by Gasteiger charge is 2.43. The Kier molecular flexibility index (Phi) is 3.70. The van der Waals surface area contributed by atoms with Crippen molar-refractivity contribution in [3.05, 3.63) is 35.5 Å². The molecule has 8 heteroatoms. The molecular formula is C21H20FN5OS. The zero-order valence-corrected chi connectivity index (χ0v) is 16.7. The lowest BCUT2D eigenvalue weighted by atomic mass is 9.97. The van der Waals surface area contributed by atoms with Gasteiger partial charge in [-0.15, -0.1) is 21.5 Å². The van der Waals surface area contributed by atoms with Crippen molar-refractivity contribution in [3.8, 4) is 17.0 Å². The van der Waals surface area contributed by atoms with Crippen LogP contribution in [0.1, 0.15) is 30.3 Å². The maximum absolute atomic E-state index is 15.0. The van der Waals surface area contributed by atoms with Crippen LogP contribution in [-0.4, -0.2) is 43.1 Å². The first-order chi connectivity index (χ1) is 14.1. The Balaban J connectivity index is 1.41. The van der Waals surface area contributed by atoms with Gasteiger partial charge in [0.25, 0.3) is 0 Å². The molecule has 29 heavy (non-hydrogen) atoms. The summed E-state index contributed by atoms with van der Waals surface area (Å²) in [6.45, 7) is 1.95. The summed E-state index contributed by atoms with van der Waals surface area (Å²) >= 11 is 1.58. The van der Waals surface area contributed by atoms with Gasteiger partial charge in [0.05, 0.1) is 27.0 Å². The van der Waals surface area contributed by atoms with Crippen molar-refractivity contribution in [1.29, 1.82) is 0 Å². The normalized spacial score (nSPS) is 26.6. The van der Waals surface area contributed by atoms with Gasteiger partial charge in [-0.25, -0.2) is 9.37 Å². The van der Waals surface area contributed by atoms with Crippen LogP contribution >= 0.6 is 11.3 Å². The molecule has 5 heterocycles. The summed E-state index contributed by atoms with van der Waals surface area (Å²) in [6, 6.07) is 7.56. The molecule has 2 aliphatic heterocycles. The Morgan fingerprint density at radius 2 is 2.14 bits per heavy atom. The number of fused-ring (bicyclic) bond motifs is 4. The number of aryl methyl sites for hydroxylation is 1. The van der Waals surface area contributed by atoms with Gasteiger partial charge in [0.1, 0.15) is 11.9 Å². The van der Waals surface area contributed by atoms with Crippen molar-refractivity contribution in [2.24, 2.45) is 0 Å². The number of phenolic OH excluding ortho intramolecular Hbond substituents is 1. The van der Waals surface area contributed by atoms with Gasteiger partial charge in [-0.05, 0) is 44.4 Å². The van der Waals surface area contributed by atoms with Crippen LogP contribution in [0.4, 0.5) is 4.39 Å². The fraction of sp³-hybridized carbons (Fsp3) is 0.381. The summed E-state index contributed by atoms with van der Waals surface area (Å²) in [5.74, 6) is 0.134. The van der Waals surface area contributed by atoms with E-state index in [1.165, 1.54) is 0 Å². The highest BCUT2D eigenvalue weighted by Crippen LogP contribution is 2.39. The molecule has 6 nitrogen and oxygen atoms in total. The number of nitrogens with one attached hydrogen (secondary N) is 1. The van der Waals surface area contributed by atoms with Crippen LogP contribution in [0.2, 0.25) is 0 Å². The molecular weight excluding hydrogens is 389 g/mol. The fourth-order valence-corrected chi connectivity index (χ4v) is 5.73. The monoisotopic (exact) mass is 409 g/mol. The van der Waals surface area contributed by atoms with E-state index in [-0.39, 0.29) is 17.8 Å². The van der Waals surface area contributed by atoms with Crippen LogP contribution in [0.25, 0.3) is 32.5 Å². The van der Waals surface area contributed by atoms with E-state index in [9.17, 15) is 5.11 Å². The third kappa shape index (κ3) is 2.66. The van der Waals surface area contributed by atoms with E-state index in [1.54, 1.807) is 17.4 Å². The Bertz CT molecular complexity index is 1250. The molecule has 3 aromatic heterocycles. The van der Waals surface area contributed by atoms with Crippen molar-refractivity contribution in [1.82, 2.24) is 25.1 Å². The largest absolute Gasteiger partial charge is 0.507 e. The number of piperidine rings is 1. The number of hydrogen-bond donors (Lipinski definition) is 2. The van der Waals surface area contributed by atoms with Crippen LogP contribution in [0.3, 0.4) is 0 Å². The zero-order chi connectivity index (χ0) is 19.7. The van der Waals surface area contributed by atoms with E-state index in [4.69, 9.17) is 0 Å². The topological polar surface area (TPSA) is 75.9 Å². The van der Waals surface area contributed by atoms with Gasteiger partial charge in [0.2, 0.25) is 0 Å². The summed E-state index contributed by atoms with van der Waals surface area (Å²) in [6.07, 6.45) is 3.70. The lowest BCUT2D eigenvalue weighted by Crippen LogP contribution is -2.47. The van der Waals surface area contributed by atoms with E-state index in [0.717, 1.165) is 39.9 Å². The molecule has 1 aromatic carbocycles. The van der Waals surface area contributed by atoms with Crippen molar-refractivity contribution >= 4 is 32.6 Å². The standard InChI is InChI=1S/C21H20FN5OS/c1-10-23-16-9-18(28)13(8-19(16)29-10)15-6-11-4-5-27(21(11)26-25-15)17-7-12-2-3-14(24-12)20(17)22/h4-6,8-9,12,14,17,20,24,28H,2-3,7H2,1H3/t12-,14+,17-,20+/m1/s1. The van der Waals surface area contributed by atoms with E-state index in [0.29, 0.717) is 22.9 Å². The van der Waals surface area contributed by atoms with E-state index >= 15 is 4.39 Å². The molecule has 2 fully saturated rings. The number of aromatic nitrogens is 4. The maximum Gasteiger partial charge on any atom is 0.162 e. The molecule has 4 atom stereocenters. The van der Waals surface area contributed by atoms with Crippen molar-refractivity contribution in [2.75, 3.05) is 0 Å². The lowest BCUT2D eigenvalue weighted by molar-refractivity contribution is 0.140. The smallest absolute Gasteiger partial charge is 0.162 e. The molecule has 4 aromatic rings. The highest BCUT2D eigenvalue weighted by atomic mass is 32.1. The fourth-order valence-electron chi connectivity index (χ4n) is 4.88. The number of rotatable bonds is 2. The van der Waals surface area contributed by atoms with Crippen molar-refractivity contribution in [2.45, 2.75) is 50.5 Å². The summed E-state index contributed by atoms with van der Waals surface area (Å²) in [5.41, 5.74) is 2.70. The first kappa shape index (κ1) is 17.3. The number of aromatic hydroxyl groups is 1. The molecule has 2 aliphatic rings. The minimum Gasteiger partial charge on any atom is -0.507 e. The average molecular weight is 409 g/mol. The summed E-state index contributed by atoms with van der Waals surface area (Å²) in [5, 5.41) is 24.5. The number of alkyl halides is 1. The quantitative estimate of drug-likeness (QED) is 0.521. The second-order valence-electron chi connectivity index (χ2n) is 8.10. The molecule has 0 radical (unpaired) electrons. The van der Waals surface area contributed by atoms with Gasteiger partial charge in [-0.3, -0.25) is 0 Å². The minimum atomic E-state index is -0.924. The van der Waals surface area contributed by atoms with Gasteiger partial charge in [0, 0.05) is 35.3 Å². The zero-order valence-electron chi connectivity index (χ0n) is 15.8. The summed E-state index contributed by atoms with van der Waals surface area (Å²) < 4.78 is 18.0. The van der Waals surface area contributed by atoms with Gasteiger partial charge in [-0.1, -0.05) is 0 Å². The maximum atomic E-state index is 15.0. The summed E-state index contributed by atoms with van der Waals surface area (Å²) in [7, 11) is 0. The van der Waals surface area contributed by atoms with Crippen molar-refractivity contribution < 1.29 is 9.50 Å². The van der Waals surface area contributed by atoms with Crippen LogP contribution in [0.15, 0.2) is 30.5 Å². The number of nitrogens with zero attached hydrogens (tertiary/aromatic N) is 4. The average Bonchev–Trinajstić information content (AvgIpc) is 3.40. The molecule has 0 saturated carbocycles. The number of halogens is 1. The molecule has 2 N–H and O–H groups in total. The SMILES string of the molecule is Cc1nc2cc(O)c(-c3cc4ccn([C@@H]5C[C@H]6CC[C@H](N6)[C@@H]5F)c4nn3)cc2s1. The van der Waals surface area contributed by atoms with Gasteiger partial charge < -0.3 is 15.0 Å². The Morgan fingerprint density at radius 3 is 3.03 bits per heavy atom. The van der Waals surface area contributed by atoms with E-state index in [1.807, 2.05) is 35.9 Å². The Morgan fingerprint density at radius 1 is 1.24 bits per heavy atom. The van der Waals surface area contributed by atoms with Crippen LogP contribution in [0.5, 0.6) is 5.75 Å². The Labute approximate surface area is 170 Å². The molecule has 0 spiro atoms. The molecule has 6 rings (SSSR count).